The minimum absolute atomic E-state index is 0.277. The number of aryl methyl sites for hydroxylation is 2. The highest BCUT2D eigenvalue weighted by atomic mass is 32.1. The van der Waals surface area contributed by atoms with Gasteiger partial charge in [-0.15, -0.1) is 22.7 Å². The fraction of sp³-hybridized carbons (Fsp3) is 0.143. The number of pyridine rings is 1. The monoisotopic (exact) mass is 331 g/mol. The van der Waals surface area contributed by atoms with Gasteiger partial charge < -0.3 is 10.6 Å². The predicted octanol–water partition coefficient (Wildman–Crippen LogP) is 3.61. The average Bonchev–Trinajstić information content (AvgIpc) is 3.06. The Morgan fingerprint density at radius 3 is 2.77 bits per heavy atom. The molecule has 1 amide bonds. The number of amides is 1. The topological polar surface area (TPSA) is 79.8 Å². The number of nitrogens with zero attached hydrogens (tertiary/aromatic N) is 3. The third-order valence-corrected chi connectivity index (χ3v) is 4.39. The van der Waals surface area contributed by atoms with Crippen molar-refractivity contribution in [2.75, 3.05) is 10.6 Å². The summed E-state index contributed by atoms with van der Waals surface area (Å²) in [4.78, 5) is 25.0. The molecule has 112 valence electrons. The van der Waals surface area contributed by atoms with Crippen molar-refractivity contribution in [1.29, 1.82) is 0 Å². The highest BCUT2D eigenvalue weighted by Crippen LogP contribution is 2.28. The number of aromatic nitrogens is 3. The van der Waals surface area contributed by atoms with E-state index >= 15 is 0 Å². The zero-order valence-corrected chi connectivity index (χ0v) is 13.6. The Balaban J connectivity index is 1.82. The highest BCUT2D eigenvalue weighted by molar-refractivity contribution is 7.16. The van der Waals surface area contributed by atoms with E-state index in [4.69, 9.17) is 0 Å². The fourth-order valence-corrected chi connectivity index (χ4v) is 3.21. The smallest absolute Gasteiger partial charge is 0.278 e. The lowest BCUT2D eigenvalue weighted by Crippen LogP contribution is -2.14. The number of hydrogen-bond acceptors (Lipinski definition) is 7. The summed E-state index contributed by atoms with van der Waals surface area (Å²) in [6, 6.07) is 3.71. The molecule has 0 fully saturated rings. The first kappa shape index (κ1) is 14.6. The second-order valence-electron chi connectivity index (χ2n) is 4.48. The molecule has 0 radical (unpaired) electrons. The van der Waals surface area contributed by atoms with Crippen LogP contribution in [0.1, 0.15) is 20.5 Å². The van der Waals surface area contributed by atoms with Gasteiger partial charge in [0.2, 0.25) is 0 Å². The maximum atomic E-state index is 12.4. The van der Waals surface area contributed by atoms with E-state index in [-0.39, 0.29) is 5.91 Å². The molecule has 3 aromatic heterocycles. The molecule has 0 aliphatic rings. The molecule has 0 spiro atoms. The van der Waals surface area contributed by atoms with Crippen LogP contribution < -0.4 is 10.6 Å². The molecule has 3 aromatic rings. The fourth-order valence-electron chi connectivity index (χ4n) is 1.83. The zero-order chi connectivity index (χ0) is 15.5. The van der Waals surface area contributed by atoms with Gasteiger partial charge in [0.25, 0.3) is 5.91 Å². The van der Waals surface area contributed by atoms with E-state index in [9.17, 15) is 4.79 Å². The van der Waals surface area contributed by atoms with Gasteiger partial charge >= 0.3 is 0 Å². The maximum absolute atomic E-state index is 12.4. The first-order valence-corrected chi connectivity index (χ1v) is 8.19. The third-order valence-electron chi connectivity index (χ3n) is 2.73. The second kappa shape index (κ2) is 6.20. The van der Waals surface area contributed by atoms with Crippen LogP contribution >= 0.6 is 22.7 Å². The number of carbonyl (C=O) groups excluding carboxylic acids is 1. The van der Waals surface area contributed by atoms with Crippen LogP contribution in [0.2, 0.25) is 0 Å². The molecule has 3 heterocycles. The van der Waals surface area contributed by atoms with E-state index in [0.29, 0.717) is 16.5 Å². The van der Waals surface area contributed by atoms with Crippen LogP contribution in [0.4, 0.5) is 16.5 Å². The zero-order valence-electron chi connectivity index (χ0n) is 12.0. The van der Waals surface area contributed by atoms with E-state index < -0.39 is 0 Å². The Morgan fingerprint density at radius 2 is 2.09 bits per heavy atom. The number of hydrogen-bond donors (Lipinski definition) is 2. The molecule has 0 aromatic carbocycles. The summed E-state index contributed by atoms with van der Waals surface area (Å²) < 4.78 is 0. The highest BCUT2D eigenvalue weighted by Gasteiger charge is 2.18. The lowest BCUT2D eigenvalue weighted by molar-refractivity contribution is 0.102. The predicted molar refractivity (Wildman–Crippen MR) is 89.2 cm³/mol. The van der Waals surface area contributed by atoms with Crippen molar-refractivity contribution in [2.45, 2.75) is 13.8 Å². The summed E-state index contributed by atoms with van der Waals surface area (Å²) in [6.07, 6.45) is 3.39. The van der Waals surface area contributed by atoms with Gasteiger partial charge in [0.1, 0.15) is 10.8 Å². The molecule has 0 saturated heterocycles. The van der Waals surface area contributed by atoms with E-state index in [0.717, 1.165) is 15.7 Å². The van der Waals surface area contributed by atoms with E-state index in [1.807, 2.05) is 26.0 Å². The first-order chi connectivity index (χ1) is 10.6. The van der Waals surface area contributed by atoms with Crippen molar-refractivity contribution >= 4 is 45.1 Å². The van der Waals surface area contributed by atoms with Gasteiger partial charge in [-0.2, -0.15) is 0 Å². The molecule has 0 atom stereocenters. The molecule has 8 heteroatoms. The third kappa shape index (κ3) is 3.29. The Kier molecular flexibility index (Phi) is 4.12. The van der Waals surface area contributed by atoms with Crippen LogP contribution in [0.3, 0.4) is 0 Å². The molecule has 3 rings (SSSR count). The van der Waals surface area contributed by atoms with Gasteiger partial charge in [0, 0.05) is 11.6 Å². The molecule has 0 bridgehead atoms. The van der Waals surface area contributed by atoms with E-state index in [1.54, 1.807) is 17.8 Å². The van der Waals surface area contributed by atoms with Gasteiger partial charge in [0.05, 0.1) is 21.9 Å². The summed E-state index contributed by atoms with van der Waals surface area (Å²) in [5.74, 6) is 0.270. The van der Waals surface area contributed by atoms with Gasteiger partial charge in [-0.25, -0.2) is 9.97 Å². The molecular weight excluding hydrogens is 318 g/mol. The Hall–Kier alpha value is -2.32. The number of rotatable bonds is 4. The first-order valence-electron chi connectivity index (χ1n) is 6.50. The van der Waals surface area contributed by atoms with Crippen LogP contribution in [0.5, 0.6) is 0 Å². The van der Waals surface area contributed by atoms with Crippen LogP contribution in [-0.4, -0.2) is 20.9 Å². The number of nitrogens with one attached hydrogen (secondary N) is 2. The van der Waals surface area contributed by atoms with Gasteiger partial charge in [-0.3, -0.25) is 9.78 Å². The molecule has 0 aliphatic carbocycles. The Morgan fingerprint density at radius 1 is 1.23 bits per heavy atom. The van der Waals surface area contributed by atoms with Crippen molar-refractivity contribution in [2.24, 2.45) is 0 Å². The molecule has 0 unspecified atom stereocenters. The average molecular weight is 331 g/mol. The SMILES string of the molecule is Cc1nc(NC(=O)c2nc(C)sc2Nc2cccnc2)cs1. The largest absolute Gasteiger partial charge is 0.344 e. The number of thiazole rings is 2. The summed E-state index contributed by atoms with van der Waals surface area (Å²) in [7, 11) is 0. The van der Waals surface area contributed by atoms with Crippen LogP contribution in [0.15, 0.2) is 29.9 Å². The van der Waals surface area contributed by atoms with Crippen molar-refractivity contribution in [3.8, 4) is 0 Å². The van der Waals surface area contributed by atoms with E-state index in [2.05, 4.69) is 25.6 Å². The van der Waals surface area contributed by atoms with E-state index in [1.165, 1.54) is 22.7 Å². The molecule has 2 N–H and O–H groups in total. The minimum atomic E-state index is -0.277. The summed E-state index contributed by atoms with van der Waals surface area (Å²) in [5, 5.41) is 10.2. The Labute approximate surface area is 135 Å². The molecule has 6 nitrogen and oxygen atoms in total. The van der Waals surface area contributed by atoms with Crippen LogP contribution in [0.25, 0.3) is 0 Å². The summed E-state index contributed by atoms with van der Waals surface area (Å²) in [5.41, 5.74) is 1.17. The normalized spacial score (nSPS) is 10.5. The molecule has 0 aliphatic heterocycles. The maximum Gasteiger partial charge on any atom is 0.278 e. The molecule has 0 saturated carbocycles. The van der Waals surface area contributed by atoms with Gasteiger partial charge in [0.15, 0.2) is 5.69 Å². The van der Waals surface area contributed by atoms with Crippen molar-refractivity contribution < 1.29 is 4.79 Å². The number of anilines is 3. The van der Waals surface area contributed by atoms with Gasteiger partial charge in [-0.1, -0.05) is 0 Å². The van der Waals surface area contributed by atoms with Crippen LogP contribution in [-0.2, 0) is 0 Å². The van der Waals surface area contributed by atoms with Crippen molar-refractivity contribution in [3.05, 3.63) is 45.6 Å². The van der Waals surface area contributed by atoms with Crippen molar-refractivity contribution in [1.82, 2.24) is 15.0 Å². The Bertz CT molecular complexity index is 797. The summed E-state index contributed by atoms with van der Waals surface area (Å²) in [6.45, 7) is 3.76. The number of carbonyl (C=O) groups is 1. The molecule has 22 heavy (non-hydrogen) atoms. The summed E-state index contributed by atoms with van der Waals surface area (Å²) >= 11 is 2.91. The van der Waals surface area contributed by atoms with Crippen LogP contribution in [0, 0.1) is 13.8 Å². The van der Waals surface area contributed by atoms with Gasteiger partial charge in [-0.05, 0) is 26.0 Å². The second-order valence-corrected chi connectivity index (χ2v) is 6.75. The lowest BCUT2D eigenvalue weighted by Gasteiger charge is -2.05. The molecular formula is C14H13N5OS2. The van der Waals surface area contributed by atoms with Crippen molar-refractivity contribution in [3.63, 3.8) is 0 Å². The standard InChI is InChI=1S/C14H13N5OS2/c1-8-16-11(7-21-8)19-13(20)12-14(22-9(2)17-12)18-10-4-3-5-15-6-10/h3-7,18H,1-2H3,(H,19,20). The quantitative estimate of drug-likeness (QED) is 0.763. The lowest BCUT2D eigenvalue weighted by atomic mass is 10.4. The minimum Gasteiger partial charge on any atom is -0.344 e.